The molecule has 1 aliphatic heterocycles. The van der Waals surface area contributed by atoms with Crippen molar-refractivity contribution in [3.63, 3.8) is 0 Å². The maximum absolute atomic E-state index is 12.1. The van der Waals surface area contributed by atoms with Gasteiger partial charge in [-0.1, -0.05) is 30.3 Å². The predicted octanol–water partition coefficient (Wildman–Crippen LogP) is 1.15. The highest BCUT2D eigenvalue weighted by molar-refractivity contribution is 5.77. The first kappa shape index (κ1) is 20.1. The molecule has 4 atom stereocenters. The molecule has 1 spiro atoms. The number of aromatic nitrogens is 2. The summed E-state index contributed by atoms with van der Waals surface area (Å²) in [5.74, 6) is 1.33. The SMILES string of the molecule is CCOCC(=O)NC[C@@H]1[C@@H](c2ccccc2)[C@]12CN(Cc1nccn1C)C[C@H]2O. The summed E-state index contributed by atoms with van der Waals surface area (Å²) in [6, 6.07) is 10.3. The van der Waals surface area contributed by atoms with Crippen molar-refractivity contribution < 1.29 is 14.6 Å². The number of aliphatic hydroxyl groups is 1. The number of nitrogens with one attached hydrogen (secondary N) is 1. The van der Waals surface area contributed by atoms with Gasteiger partial charge in [-0.3, -0.25) is 9.69 Å². The Morgan fingerprint density at radius 2 is 2.17 bits per heavy atom. The maximum atomic E-state index is 12.1. The Bertz CT molecular complexity index is 840. The van der Waals surface area contributed by atoms with Gasteiger partial charge in [0.2, 0.25) is 5.91 Å². The lowest BCUT2D eigenvalue weighted by molar-refractivity contribution is -0.125. The van der Waals surface area contributed by atoms with Crippen molar-refractivity contribution in [1.82, 2.24) is 19.8 Å². The van der Waals surface area contributed by atoms with Crippen molar-refractivity contribution >= 4 is 5.91 Å². The number of nitrogens with zero attached hydrogens (tertiary/aromatic N) is 3. The van der Waals surface area contributed by atoms with Gasteiger partial charge in [-0.2, -0.15) is 0 Å². The van der Waals surface area contributed by atoms with Gasteiger partial charge in [-0.25, -0.2) is 4.98 Å². The van der Waals surface area contributed by atoms with Crippen molar-refractivity contribution in [3.8, 4) is 0 Å². The summed E-state index contributed by atoms with van der Waals surface area (Å²) >= 11 is 0. The van der Waals surface area contributed by atoms with E-state index in [0.717, 1.165) is 12.4 Å². The monoisotopic (exact) mass is 398 g/mol. The van der Waals surface area contributed by atoms with Crippen LogP contribution in [0, 0.1) is 11.3 Å². The smallest absolute Gasteiger partial charge is 0.246 e. The number of amides is 1. The van der Waals surface area contributed by atoms with Crippen LogP contribution in [0.1, 0.15) is 24.2 Å². The summed E-state index contributed by atoms with van der Waals surface area (Å²) < 4.78 is 7.22. The molecule has 4 rings (SSSR count). The zero-order valence-electron chi connectivity index (χ0n) is 17.1. The number of hydrogen-bond donors (Lipinski definition) is 2. The fourth-order valence-corrected chi connectivity index (χ4v) is 5.03. The largest absolute Gasteiger partial charge is 0.391 e. The number of likely N-dealkylation sites (tertiary alicyclic amines) is 1. The molecular formula is C22H30N4O3. The lowest BCUT2D eigenvalue weighted by Crippen LogP contribution is -2.32. The van der Waals surface area contributed by atoms with E-state index < -0.39 is 6.10 Å². The molecule has 2 aliphatic rings. The second-order valence-corrected chi connectivity index (χ2v) is 8.19. The van der Waals surface area contributed by atoms with Crippen LogP contribution in [-0.2, 0) is 23.1 Å². The topological polar surface area (TPSA) is 79.6 Å². The van der Waals surface area contributed by atoms with Gasteiger partial charge in [0, 0.05) is 51.1 Å². The van der Waals surface area contributed by atoms with Crippen LogP contribution in [0.3, 0.4) is 0 Å². The third-order valence-corrected chi connectivity index (χ3v) is 6.51. The zero-order chi connectivity index (χ0) is 20.4. The molecule has 7 nitrogen and oxygen atoms in total. The van der Waals surface area contributed by atoms with E-state index >= 15 is 0 Å². The quantitative estimate of drug-likeness (QED) is 0.697. The number of rotatable bonds is 8. The third kappa shape index (κ3) is 3.82. The second-order valence-electron chi connectivity index (χ2n) is 8.19. The first-order valence-electron chi connectivity index (χ1n) is 10.3. The molecule has 1 saturated carbocycles. The first-order chi connectivity index (χ1) is 14.1. The minimum atomic E-state index is -0.429. The molecule has 2 N–H and O–H groups in total. The Kier molecular flexibility index (Phi) is 5.72. The Labute approximate surface area is 171 Å². The lowest BCUT2D eigenvalue weighted by Gasteiger charge is -2.16. The van der Waals surface area contributed by atoms with Crippen LogP contribution < -0.4 is 5.32 Å². The van der Waals surface area contributed by atoms with Crippen LogP contribution in [0.4, 0.5) is 0 Å². The lowest BCUT2D eigenvalue weighted by atomic mass is 9.95. The van der Waals surface area contributed by atoms with Gasteiger partial charge < -0.3 is 19.7 Å². The molecule has 29 heavy (non-hydrogen) atoms. The number of β-amino-alcohol motifs (C(OH)–C–C–N with tert-alkyl or cyclic N) is 1. The summed E-state index contributed by atoms with van der Waals surface area (Å²) in [5, 5.41) is 14.1. The molecule has 1 aromatic carbocycles. The molecular weight excluding hydrogens is 368 g/mol. The minimum Gasteiger partial charge on any atom is -0.391 e. The van der Waals surface area contributed by atoms with Gasteiger partial charge in [-0.15, -0.1) is 0 Å². The van der Waals surface area contributed by atoms with Crippen molar-refractivity contribution in [2.24, 2.45) is 18.4 Å². The fourth-order valence-electron chi connectivity index (χ4n) is 5.03. The Morgan fingerprint density at radius 1 is 1.38 bits per heavy atom. The van der Waals surface area contributed by atoms with E-state index in [2.05, 4.69) is 27.3 Å². The average molecular weight is 399 g/mol. The molecule has 0 bridgehead atoms. The highest BCUT2D eigenvalue weighted by Gasteiger charge is 2.70. The number of carbonyl (C=O) groups is 1. The molecule has 1 aromatic heterocycles. The van der Waals surface area contributed by atoms with Crippen LogP contribution >= 0.6 is 0 Å². The number of imidazole rings is 1. The van der Waals surface area contributed by atoms with Crippen molar-refractivity contribution in [2.45, 2.75) is 25.5 Å². The zero-order valence-corrected chi connectivity index (χ0v) is 17.1. The molecule has 2 fully saturated rings. The van der Waals surface area contributed by atoms with Crippen molar-refractivity contribution in [2.75, 3.05) is 32.8 Å². The summed E-state index contributed by atoms with van der Waals surface area (Å²) in [6.45, 7) is 5.17. The molecule has 7 heteroatoms. The van der Waals surface area contributed by atoms with E-state index in [0.29, 0.717) is 26.2 Å². The van der Waals surface area contributed by atoms with Crippen LogP contribution in [0.15, 0.2) is 42.7 Å². The number of aliphatic hydroxyl groups excluding tert-OH is 1. The maximum Gasteiger partial charge on any atom is 0.246 e. The Balaban J connectivity index is 1.49. The normalized spacial score (nSPS) is 28.7. The number of aryl methyl sites for hydroxylation is 1. The van der Waals surface area contributed by atoms with Crippen LogP contribution in [0.25, 0.3) is 0 Å². The predicted molar refractivity (Wildman–Crippen MR) is 109 cm³/mol. The number of hydrogen-bond acceptors (Lipinski definition) is 5. The van der Waals surface area contributed by atoms with Gasteiger partial charge >= 0.3 is 0 Å². The summed E-state index contributed by atoms with van der Waals surface area (Å²) in [6.07, 6.45) is 3.32. The summed E-state index contributed by atoms with van der Waals surface area (Å²) in [7, 11) is 1.99. The standard InChI is InChI=1S/C22H30N4O3/c1-3-29-14-20(28)24-11-17-21(16-7-5-4-6-8-16)22(17)15-26(12-18(22)27)13-19-23-9-10-25(19)2/h4-10,17-18,21,27H,3,11-15H2,1-2H3,(H,24,28)/t17-,18-,21-,22-/m1/s1. The molecule has 0 radical (unpaired) electrons. The molecule has 1 saturated heterocycles. The van der Waals surface area contributed by atoms with E-state index in [1.165, 1.54) is 5.56 Å². The second kappa shape index (κ2) is 8.26. The van der Waals surface area contributed by atoms with Gasteiger partial charge in [0.05, 0.1) is 12.6 Å². The van der Waals surface area contributed by atoms with E-state index in [4.69, 9.17) is 4.74 Å². The highest BCUT2D eigenvalue weighted by Crippen LogP contribution is 2.68. The Hall–Kier alpha value is -2.22. The number of carbonyl (C=O) groups excluding carboxylic acids is 1. The Morgan fingerprint density at radius 3 is 2.86 bits per heavy atom. The highest BCUT2D eigenvalue weighted by atomic mass is 16.5. The van der Waals surface area contributed by atoms with E-state index in [9.17, 15) is 9.90 Å². The molecule has 1 amide bonds. The minimum absolute atomic E-state index is 0.0834. The van der Waals surface area contributed by atoms with Crippen LogP contribution in [0.2, 0.25) is 0 Å². The first-order valence-corrected chi connectivity index (χ1v) is 10.3. The van der Waals surface area contributed by atoms with E-state index in [1.807, 2.05) is 42.9 Å². The van der Waals surface area contributed by atoms with Crippen LogP contribution in [-0.4, -0.2) is 64.4 Å². The molecule has 1 aliphatic carbocycles. The molecule has 2 heterocycles. The van der Waals surface area contributed by atoms with E-state index in [-0.39, 0.29) is 29.8 Å². The number of ether oxygens (including phenoxy) is 1. The van der Waals surface area contributed by atoms with Crippen molar-refractivity contribution in [1.29, 1.82) is 0 Å². The van der Waals surface area contributed by atoms with Gasteiger partial charge in [0.1, 0.15) is 12.4 Å². The average Bonchev–Trinajstić information content (AvgIpc) is 2.98. The molecule has 2 aromatic rings. The molecule has 0 unspecified atom stereocenters. The third-order valence-electron chi connectivity index (χ3n) is 6.51. The molecule has 156 valence electrons. The number of benzene rings is 1. The van der Waals surface area contributed by atoms with Gasteiger partial charge in [0.25, 0.3) is 0 Å². The van der Waals surface area contributed by atoms with Crippen molar-refractivity contribution in [3.05, 3.63) is 54.1 Å². The fraction of sp³-hybridized carbons (Fsp3) is 0.545. The van der Waals surface area contributed by atoms with Gasteiger partial charge in [-0.05, 0) is 24.3 Å². The van der Waals surface area contributed by atoms with Gasteiger partial charge in [0.15, 0.2) is 0 Å². The van der Waals surface area contributed by atoms with Crippen LogP contribution in [0.5, 0.6) is 0 Å². The summed E-state index contributed by atoms with van der Waals surface area (Å²) in [5.41, 5.74) is 1.00. The summed E-state index contributed by atoms with van der Waals surface area (Å²) in [4.78, 5) is 18.8. The van der Waals surface area contributed by atoms with E-state index in [1.54, 1.807) is 6.20 Å².